The Hall–Kier alpha value is -1.40. The summed E-state index contributed by atoms with van der Waals surface area (Å²) in [6, 6.07) is 3.48. The van der Waals surface area contributed by atoms with Crippen LogP contribution in [0.1, 0.15) is 23.5 Å². The average Bonchev–Trinajstić information content (AvgIpc) is 2.78. The lowest BCUT2D eigenvalue weighted by atomic mass is 10.2. The zero-order valence-electron chi connectivity index (χ0n) is 9.86. The van der Waals surface area contributed by atoms with Gasteiger partial charge in [0.05, 0.1) is 18.0 Å². The molecule has 0 saturated carbocycles. The van der Waals surface area contributed by atoms with Crippen molar-refractivity contribution in [2.45, 2.75) is 13.8 Å². The third kappa shape index (κ3) is 5.46. The summed E-state index contributed by atoms with van der Waals surface area (Å²) in [5.41, 5.74) is 2.26. The minimum Gasteiger partial charge on any atom is -0.342 e. The maximum atomic E-state index is 11.5. The number of amides is 2. The monoisotopic (exact) mass is 256 g/mol. The van der Waals surface area contributed by atoms with Gasteiger partial charge in [0.1, 0.15) is 0 Å². The van der Waals surface area contributed by atoms with E-state index in [-0.39, 0.29) is 18.4 Å². The Morgan fingerprint density at radius 3 is 2.82 bits per heavy atom. The number of thiophene rings is 1. The van der Waals surface area contributed by atoms with Gasteiger partial charge in [0.25, 0.3) is 11.8 Å². The summed E-state index contributed by atoms with van der Waals surface area (Å²) >= 11 is 1.33. The predicted molar refractivity (Wildman–Crippen MR) is 65.6 cm³/mol. The summed E-state index contributed by atoms with van der Waals surface area (Å²) < 4.78 is 0. The van der Waals surface area contributed by atoms with Gasteiger partial charge in [-0.2, -0.15) is 0 Å². The van der Waals surface area contributed by atoms with E-state index in [1.807, 2.05) is 13.8 Å². The predicted octanol–water partition coefficient (Wildman–Crippen LogP) is 1.18. The van der Waals surface area contributed by atoms with Crippen molar-refractivity contribution in [3.63, 3.8) is 0 Å². The number of carbonyl (C=O) groups excluding carboxylic acids is 2. The average molecular weight is 256 g/mol. The fraction of sp³-hybridized carbons (Fsp3) is 0.455. The van der Waals surface area contributed by atoms with Crippen LogP contribution < -0.4 is 10.8 Å². The van der Waals surface area contributed by atoms with Crippen molar-refractivity contribution in [2.75, 3.05) is 13.2 Å². The Morgan fingerprint density at radius 1 is 1.47 bits per heavy atom. The first-order valence-electron chi connectivity index (χ1n) is 5.32. The van der Waals surface area contributed by atoms with Crippen molar-refractivity contribution in [3.8, 4) is 0 Å². The lowest BCUT2D eigenvalue weighted by Crippen LogP contribution is -2.37. The molecule has 1 aromatic heterocycles. The number of rotatable bonds is 6. The summed E-state index contributed by atoms with van der Waals surface area (Å²) in [4.78, 5) is 28.2. The van der Waals surface area contributed by atoms with Crippen LogP contribution >= 0.6 is 11.3 Å². The molecule has 0 bridgehead atoms. The smallest absolute Gasteiger partial charge is 0.262 e. The van der Waals surface area contributed by atoms with Gasteiger partial charge in [-0.15, -0.1) is 11.3 Å². The highest BCUT2D eigenvalue weighted by Gasteiger charge is 2.08. The van der Waals surface area contributed by atoms with Crippen LogP contribution in [0.25, 0.3) is 0 Å². The van der Waals surface area contributed by atoms with E-state index >= 15 is 0 Å². The third-order valence-electron chi connectivity index (χ3n) is 1.76. The highest BCUT2D eigenvalue weighted by molar-refractivity contribution is 7.12. The summed E-state index contributed by atoms with van der Waals surface area (Å²) in [6.45, 7) is 4.31. The molecular formula is C11H16N2O3S. The Balaban J connectivity index is 2.18. The molecular weight excluding hydrogens is 240 g/mol. The van der Waals surface area contributed by atoms with Gasteiger partial charge in [0.15, 0.2) is 0 Å². The van der Waals surface area contributed by atoms with Crippen molar-refractivity contribution in [3.05, 3.63) is 22.4 Å². The molecule has 0 aliphatic rings. The lowest BCUT2D eigenvalue weighted by molar-refractivity contribution is -0.133. The number of hydrogen-bond donors (Lipinski definition) is 2. The van der Waals surface area contributed by atoms with Gasteiger partial charge in [-0.05, 0) is 17.4 Å². The molecule has 5 nitrogen and oxygen atoms in total. The molecule has 17 heavy (non-hydrogen) atoms. The molecule has 1 aromatic rings. The molecule has 0 aromatic carbocycles. The highest BCUT2D eigenvalue weighted by atomic mass is 32.1. The normalized spacial score (nSPS) is 10.3. The Kier molecular flexibility index (Phi) is 5.65. The van der Waals surface area contributed by atoms with Crippen molar-refractivity contribution in [2.24, 2.45) is 5.92 Å². The number of hydroxylamine groups is 1. The molecule has 1 rings (SSSR count). The van der Waals surface area contributed by atoms with Gasteiger partial charge in [0, 0.05) is 0 Å². The summed E-state index contributed by atoms with van der Waals surface area (Å²) in [7, 11) is 0. The van der Waals surface area contributed by atoms with Gasteiger partial charge in [-0.3, -0.25) is 14.4 Å². The Labute approximate surface area is 104 Å². The van der Waals surface area contributed by atoms with E-state index in [9.17, 15) is 9.59 Å². The van der Waals surface area contributed by atoms with Crippen molar-refractivity contribution < 1.29 is 14.4 Å². The molecule has 0 aliphatic carbocycles. The van der Waals surface area contributed by atoms with Crippen molar-refractivity contribution in [1.82, 2.24) is 10.8 Å². The molecule has 0 radical (unpaired) electrons. The molecule has 0 atom stereocenters. The number of carbonyl (C=O) groups is 2. The zero-order valence-corrected chi connectivity index (χ0v) is 10.7. The van der Waals surface area contributed by atoms with E-state index in [1.165, 1.54) is 11.3 Å². The molecule has 0 fully saturated rings. The van der Waals surface area contributed by atoms with Crippen LogP contribution in [0.2, 0.25) is 0 Å². The maximum Gasteiger partial charge on any atom is 0.262 e. The largest absolute Gasteiger partial charge is 0.342 e. The second-order valence-corrected chi connectivity index (χ2v) is 4.84. The minimum atomic E-state index is -0.365. The lowest BCUT2D eigenvalue weighted by Gasteiger charge is -2.08. The third-order valence-corrected chi connectivity index (χ3v) is 2.63. The summed E-state index contributed by atoms with van der Waals surface area (Å²) in [5.74, 6) is -0.273. The molecule has 0 spiro atoms. The molecule has 2 N–H and O–H groups in total. The van der Waals surface area contributed by atoms with E-state index in [1.54, 1.807) is 17.5 Å². The van der Waals surface area contributed by atoms with Crippen LogP contribution in [-0.2, 0) is 9.63 Å². The SMILES string of the molecule is CC(C)CONC(=O)CNC(=O)c1cccs1. The summed E-state index contributed by atoms with van der Waals surface area (Å²) in [6.07, 6.45) is 0. The fourth-order valence-corrected chi connectivity index (χ4v) is 1.62. The highest BCUT2D eigenvalue weighted by Crippen LogP contribution is 2.07. The van der Waals surface area contributed by atoms with Gasteiger partial charge < -0.3 is 5.32 Å². The van der Waals surface area contributed by atoms with Gasteiger partial charge in [-0.25, -0.2) is 5.48 Å². The van der Waals surface area contributed by atoms with Crippen LogP contribution in [0.15, 0.2) is 17.5 Å². The van der Waals surface area contributed by atoms with E-state index < -0.39 is 0 Å². The first-order valence-corrected chi connectivity index (χ1v) is 6.20. The minimum absolute atomic E-state index is 0.0885. The van der Waals surface area contributed by atoms with Gasteiger partial charge in [-0.1, -0.05) is 19.9 Å². The zero-order chi connectivity index (χ0) is 12.7. The van der Waals surface area contributed by atoms with E-state index in [2.05, 4.69) is 10.8 Å². The van der Waals surface area contributed by atoms with Gasteiger partial charge >= 0.3 is 0 Å². The molecule has 2 amide bonds. The quantitative estimate of drug-likeness (QED) is 0.751. The Bertz CT molecular complexity index is 363. The van der Waals surface area contributed by atoms with E-state index in [0.717, 1.165) is 0 Å². The second kappa shape index (κ2) is 7.03. The molecule has 1 heterocycles. The van der Waals surface area contributed by atoms with Crippen molar-refractivity contribution in [1.29, 1.82) is 0 Å². The van der Waals surface area contributed by atoms with Crippen LogP contribution in [0.5, 0.6) is 0 Å². The van der Waals surface area contributed by atoms with Crippen LogP contribution in [-0.4, -0.2) is 25.0 Å². The first kappa shape index (κ1) is 13.7. The maximum absolute atomic E-state index is 11.5. The van der Waals surface area contributed by atoms with Crippen LogP contribution in [0, 0.1) is 5.92 Å². The Morgan fingerprint density at radius 2 is 2.24 bits per heavy atom. The fourth-order valence-electron chi connectivity index (χ4n) is 0.980. The topological polar surface area (TPSA) is 67.4 Å². The standard InChI is InChI=1S/C11H16N2O3S/c1-8(2)7-16-13-10(14)6-12-11(15)9-4-3-5-17-9/h3-5,8H,6-7H2,1-2H3,(H,12,15)(H,13,14). The van der Waals surface area contributed by atoms with Crippen molar-refractivity contribution >= 4 is 23.2 Å². The molecule has 94 valence electrons. The summed E-state index contributed by atoms with van der Waals surface area (Å²) in [5, 5.41) is 4.31. The van der Waals surface area contributed by atoms with Crippen LogP contribution in [0.3, 0.4) is 0 Å². The first-order chi connectivity index (χ1) is 8.09. The van der Waals surface area contributed by atoms with Crippen LogP contribution in [0.4, 0.5) is 0 Å². The molecule has 0 aliphatic heterocycles. The molecule has 0 saturated heterocycles. The van der Waals surface area contributed by atoms with E-state index in [0.29, 0.717) is 17.4 Å². The van der Waals surface area contributed by atoms with Gasteiger partial charge in [0.2, 0.25) is 0 Å². The number of nitrogens with one attached hydrogen (secondary N) is 2. The molecule has 6 heteroatoms. The molecule has 0 unspecified atom stereocenters. The van der Waals surface area contributed by atoms with E-state index in [4.69, 9.17) is 4.84 Å². The number of hydrogen-bond acceptors (Lipinski definition) is 4. The second-order valence-electron chi connectivity index (χ2n) is 3.89.